The second kappa shape index (κ2) is 7.60. The van der Waals surface area contributed by atoms with Gasteiger partial charge in [0.1, 0.15) is 0 Å². The summed E-state index contributed by atoms with van der Waals surface area (Å²) in [5.41, 5.74) is 2.37. The van der Waals surface area contributed by atoms with Crippen molar-refractivity contribution in [1.29, 1.82) is 0 Å². The van der Waals surface area contributed by atoms with E-state index in [0.29, 0.717) is 6.42 Å². The number of nitrogens with one attached hydrogen (secondary N) is 1. The smallest absolute Gasteiger partial charge is 0.303 e. The molecule has 3 heteroatoms. The molecule has 0 aliphatic heterocycles. The molecule has 2 N–H and O–H groups in total. The highest BCUT2D eigenvalue weighted by atomic mass is 16.4. The zero-order valence-corrected chi connectivity index (χ0v) is 12.2. The zero-order chi connectivity index (χ0) is 15.1. The number of hydrogen-bond acceptors (Lipinski definition) is 2. The van der Waals surface area contributed by atoms with Crippen molar-refractivity contribution in [2.24, 2.45) is 0 Å². The summed E-state index contributed by atoms with van der Waals surface area (Å²) in [6, 6.07) is 20.7. The van der Waals surface area contributed by atoms with Gasteiger partial charge in [0.05, 0.1) is 6.04 Å². The first-order chi connectivity index (χ1) is 10.2. The topological polar surface area (TPSA) is 49.3 Å². The molecule has 2 rings (SSSR count). The molecule has 0 bridgehead atoms. The van der Waals surface area contributed by atoms with Gasteiger partial charge in [-0.25, -0.2) is 0 Å². The van der Waals surface area contributed by atoms with E-state index in [4.69, 9.17) is 5.11 Å². The summed E-state index contributed by atoms with van der Waals surface area (Å²) in [4.78, 5) is 10.7. The maximum Gasteiger partial charge on any atom is 0.303 e. The quantitative estimate of drug-likeness (QED) is 0.816. The van der Waals surface area contributed by atoms with Gasteiger partial charge in [-0.05, 0) is 24.5 Å². The van der Waals surface area contributed by atoms with Crippen LogP contribution in [0, 0.1) is 0 Å². The van der Waals surface area contributed by atoms with E-state index in [0.717, 1.165) is 0 Å². The lowest BCUT2D eigenvalue weighted by atomic mass is 9.97. The van der Waals surface area contributed by atoms with Gasteiger partial charge in [-0.15, -0.1) is 0 Å². The Labute approximate surface area is 125 Å². The van der Waals surface area contributed by atoms with Crippen LogP contribution in [0.1, 0.15) is 36.9 Å². The highest BCUT2D eigenvalue weighted by Crippen LogP contribution is 2.22. The van der Waals surface area contributed by atoms with Crippen LogP contribution in [0.4, 0.5) is 0 Å². The van der Waals surface area contributed by atoms with Crippen molar-refractivity contribution < 1.29 is 9.90 Å². The van der Waals surface area contributed by atoms with Gasteiger partial charge < -0.3 is 10.4 Å². The van der Waals surface area contributed by atoms with Gasteiger partial charge in [-0.3, -0.25) is 4.79 Å². The fraction of sp³-hybridized carbons (Fsp3) is 0.278. The van der Waals surface area contributed by atoms with Crippen LogP contribution in [0.3, 0.4) is 0 Å². The fourth-order valence-electron chi connectivity index (χ4n) is 2.38. The molecule has 0 aliphatic carbocycles. The number of aliphatic carboxylic acids is 1. The monoisotopic (exact) mass is 283 g/mol. The van der Waals surface area contributed by atoms with E-state index in [-0.39, 0.29) is 18.5 Å². The van der Waals surface area contributed by atoms with Crippen molar-refractivity contribution in [3.8, 4) is 0 Å². The summed E-state index contributed by atoms with van der Waals surface area (Å²) in [6.07, 6.45) is 0.802. The molecule has 0 spiro atoms. The molecule has 0 aromatic heterocycles. The number of rotatable bonds is 7. The molecule has 0 aliphatic rings. The van der Waals surface area contributed by atoms with E-state index >= 15 is 0 Å². The fourth-order valence-corrected chi connectivity index (χ4v) is 2.38. The number of carboxylic acid groups (broad SMARTS) is 1. The molecule has 1 unspecified atom stereocenters. The van der Waals surface area contributed by atoms with E-state index in [9.17, 15) is 4.79 Å². The summed E-state index contributed by atoms with van der Waals surface area (Å²) in [5, 5.41) is 12.3. The Morgan fingerprint density at radius 3 is 1.90 bits per heavy atom. The molecule has 0 saturated carbocycles. The molecule has 3 nitrogen and oxygen atoms in total. The SMILES string of the molecule is CC(CCC(=O)O)NC(c1ccccc1)c1ccccc1. The van der Waals surface area contributed by atoms with E-state index in [1.165, 1.54) is 11.1 Å². The van der Waals surface area contributed by atoms with Crippen LogP contribution in [0.15, 0.2) is 60.7 Å². The molecule has 110 valence electrons. The van der Waals surface area contributed by atoms with Gasteiger partial charge in [-0.2, -0.15) is 0 Å². The summed E-state index contributed by atoms with van der Waals surface area (Å²) in [7, 11) is 0. The first-order valence-corrected chi connectivity index (χ1v) is 7.24. The van der Waals surface area contributed by atoms with Crippen molar-refractivity contribution in [1.82, 2.24) is 5.32 Å². The van der Waals surface area contributed by atoms with Crippen molar-refractivity contribution in [3.63, 3.8) is 0 Å². The Balaban J connectivity index is 2.15. The molecule has 0 amide bonds. The minimum Gasteiger partial charge on any atom is -0.481 e. The van der Waals surface area contributed by atoms with Gasteiger partial charge >= 0.3 is 5.97 Å². The Morgan fingerprint density at radius 2 is 1.48 bits per heavy atom. The minimum absolute atomic E-state index is 0.0798. The van der Waals surface area contributed by atoms with Gasteiger partial charge in [0.15, 0.2) is 0 Å². The molecule has 0 radical (unpaired) electrons. The Hall–Kier alpha value is -2.13. The second-order valence-electron chi connectivity index (χ2n) is 5.25. The number of benzene rings is 2. The number of carbonyl (C=O) groups is 1. The molecule has 0 heterocycles. The summed E-state index contributed by atoms with van der Waals surface area (Å²) >= 11 is 0. The van der Waals surface area contributed by atoms with Crippen LogP contribution >= 0.6 is 0 Å². The maximum absolute atomic E-state index is 10.7. The molecule has 2 aromatic carbocycles. The third-order valence-corrected chi connectivity index (χ3v) is 3.51. The van der Waals surface area contributed by atoms with E-state index in [1.54, 1.807) is 0 Å². The average molecular weight is 283 g/mol. The van der Waals surface area contributed by atoms with E-state index in [2.05, 4.69) is 29.6 Å². The van der Waals surface area contributed by atoms with E-state index < -0.39 is 5.97 Å². The lowest BCUT2D eigenvalue weighted by molar-refractivity contribution is -0.137. The third-order valence-electron chi connectivity index (χ3n) is 3.51. The second-order valence-corrected chi connectivity index (χ2v) is 5.25. The largest absolute Gasteiger partial charge is 0.481 e. The number of carboxylic acids is 1. The summed E-state index contributed by atoms with van der Waals surface area (Å²) in [6.45, 7) is 2.03. The molecular weight excluding hydrogens is 262 g/mol. The molecule has 2 aromatic rings. The van der Waals surface area contributed by atoms with Crippen LogP contribution < -0.4 is 5.32 Å². The third kappa shape index (κ3) is 4.72. The van der Waals surface area contributed by atoms with Gasteiger partial charge in [-0.1, -0.05) is 60.7 Å². The van der Waals surface area contributed by atoms with Gasteiger partial charge in [0, 0.05) is 12.5 Å². The van der Waals surface area contributed by atoms with Crippen molar-refractivity contribution in [2.45, 2.75) is 31.8 Å². The van der Waals surface area contributed by atoms with Crippen LogP contribution in [0.5, 0.6) is 0 Å². The van der Waals surface area contributed by atoms with Gasteiger partial charge in [0.2, 0.25) is 0 Å². The number of hydrogen-bond donors (Lipinski definition) is 2. The molecule has 1 atom stereocenters. The van der Waals surface area contributed by atoms with E-state index in [1.807, 2.05) is 43.3 Å². The Bertz CT molecular complexity index is 514. The predicted octanol–water partition coefficient (Wildman–Crippen LogP) is 3.62. The van der Waals surface area contributed by atoms with Crippen molar-refractivity contribution in [2.75, 3.05) is 0 Å². The first-order valence-electron chi connectivity index (χ1n) is 7.24. The van der Waals surface area contributed by atoms with Crippen LogP contribution in [-0.2, 0) is 4.79 Å². The zero-order valence-electron chi connectivity index (χ0n) is 12.2. The first kappa shape index (κ1) is 15.3. The van der Waals surface area contributed by atoms with Crippen LogP contribution in [0.25, 0.3) is 0 Å². The summed E-state index contributed by atoms with van der Waals surface area (Å²) < 4.78 is 0. The molecular formula is C18H21NO2. The highest BCUT2D eigenvalue weighted by molar-refractivity contribution is 5.66. The van der Waals surface area contributed by atoms with Gasteiger partial charge in [0.25, 0.3) is 0 Å². The molecule has 0 fully saturated rings. The predicted molar refractivity (Wildman–Crippen MR) is 84.2 cm³/mol. The molecule has 0 saturated heterocycles. The van der Waals surface area contributed by atoms with Crippen LogP contribution in [-0.4, -0.2) is 17.1 Å². The lowest BCUT2D eigenvalue weighted by Gasteiger charge is -2.24. The average Bonchev–Trinajstić information content (AvgIpc) is 2.52. The van der Waals surface area contributed by atoms with Crippen molar-refractivity contribution >= 4 is 5.97 Å². The minimum atomic E-state index is -0.750. The maximum atomic E-state index is 10.7. The Kier molecular flexibility index (Phi) is 5.52. The highest BCUT2D eigenvalue weighted by Gasteiger charge is 2.16. The lowest BCUT2D eigenvalue weighted by Crippen LogP contribution is -2.31. The summed E-state index contributed by atoms with van der Waals surface area (Å²) in [5.74, 6) is -0.750. The standard InChI is InChI=1S/C18H21NO2/c1-14(12-13-17(20)21)19-18(15-8-4-2-5-9-15)16-10-6-3-7-11-16/h2-11,14,18-19H,12-13H2,1H3,(H,20,21). The van der Waals surface area contributed by atoms with Crippen LogP contribution in [0.2, 0.25) is 0 Å². The Morgan fingerprint density at radius 1 is 1.00 bits per heavy atom. The normalized spacial score (nSPS) is 12.3. The molecule has 21 heavy (non-hydrogen) atoms. The van der Waals surface area contributed by atoms with Crippen molar-refractivity contribution in [3.05, 3.63) is 71.8 Å².